The molecule has 0 aliphatic heterocycles. The fourth-order valence-electron chi connectivity index (χ4n) is 2.41. The van der Waals surface area contributed by atoms with Crippen LogP contribution in [0, 0.1) is 12.7 Å². The van der Waals surface area contributed by atoms with E-state index in [-0.39, 0.29) is 23.4 Å². The minimum absolute atomic E-state index is 0.0813. The predicted molar refractivity (Wildman–Crippen MR) is 108 cm³/mol. The molecule has 0 amide bonds. The fourth-order valence-corrected chi connectivity index (χ4v) is 4.05. The van der Waals surface area contributed by atoms with Crippen LogP contribution in [0.3, 0.4) is 0 Å². The molecule has 0 aliphatic carbocycles. The van der Waals surface area contributed by atoms with E-state index >= 15 is 0 Å². The van der Waals surface area contributed by atoms with Crippen LogP contribution in [0.1, 0.15) is 21.9 Å². The van der Waals surface area contributed by atoms with Gasteiger partial charge in [0, 0.05) is 20.2 Å². The highest BCUT2D eigenvalue weighted by Crippen LogP contribution is 2.25. The molecule has 0 radical (unpaired) electrons. The molecule has 0 aliphatic rings. The largest absolute Gasteiger partial charge is 0.361 e. The lowest BCUT2D eigenvalue weighted by atomic mass is 10.1. The van der Waals surface area contributed by atoms with Crippen molar-refractivity contribution in [2.75, 3.05) is 12.9 Å². The summed E-state index contributed by atoms with van der Waals surface area (Å²) in [6.07, 6.45) is 1.94. The number of benzene rings is 1. The zero-order valence-electron chi connectivity index (χ0n) is 15.7. The van der Waals surface area contributed by atoms with Gasteiger partial charge in [0.1, 0.15) is 12.5 Å². The number of rotatable bonds is 8. The molecule has 0 atom stereocenters. The summed E-state index contributed by atoms with van der Waals surface area (Å²) in [5.41, 5.74) is 1.07. The zero-order chi connectivity index (χ0) is 19.5. The van der Waals surface area contributed by atoms with Gasteiger partial charge in [-0.25, -0.2) is 9.37 Å². The molecular formula is C18H24ClFN2O2SSi. The van der Waals surface area contributed by atoms with Gasteiger partial charge in [-0.15, -0.1) is 11.8 Å². The first-order valence-electron chi connectivity index (χ1n) is 8.32. The van der Waals surface area contributed by atoms with Crippen molar-refractivity contribution in [3.8, 4) is 0 Å². The molecule has 0 fully saturated rings. The molecule has 26 heavy (non-hydrogen) atoms. The third-order valence-electron chi connectivity index (χ3n) is 3.88. The molecule has 142 valence electrons. The summed E-state index contributed by atoms with van der Waals surface area (Å²) in [5.74, 6) is -0.575. The number of carbonyl (C=O) groups is 1. The van der Waals surface area contributed by atoms with E-state index in [1.165, 1.54) is 30.0 Å². The molecule has 0 saturated carbocycles. The number of aryl methyl sites for hydroxylation is 1. The zero-order valence-corrected chi connectivity index (χ0v) is 18.3. The Balaban J connectivity index is 2.27. The molecule has 2 rings (SSSR count). The monoisotopic (exact) mass is 414 g/mol. The molecule has 0 saturated heterocycles. The molecule has 2 aromatic rings. The van der Waals surface area contributed by atoms with Gasteiger partial charge in [-0.1, -0.05) is 31.2 Å². The van der Waals surface area contributed by atoms with Crippen molar-refractivity contribution in [3.05, 3.63) is 46.1 Å². The third kappa shape index (κ3) is 5.19. The second-order valence-electron chi connectivity index (χ2n) is 7.26. The fraction of sp³-hybridized carbons (Fsp3) is 0.444. The second kappa shape index (κ2) is 8.69. The summed E-state index contributed by atoms with van der Waals surface area (Å²) in [5, 5.41) is 0.803. The molecule has 1 aromatic heterocycles. The Labute approximate surface area is 164 Å². The number of imidazole rings is 1. The van der Waals surface area contributed by atoms with Gasteiger partial charge < -0.3 is 4.74 Å². The summed E-state index contributed by atoms with van der Waals surface area (Å²) in [6.45, 7) is 9.64. The van der Waals surface area contributed by atoms with Gasteiger partial charge in [0.2, 0.25) is 5.78 Å². The second-order valence-corrected chi connectivity index (χ2v) is 14.1. The highest BCUT2D eigenvalue weighted by molar-refractivity contribution is 7.98. The summed E-state index contributed by atoms with van der Waals surface area (Å²) < 4.78 is 21.0. The standard InChI is InChI=1S/C18H24ClFN2O2SSi/c1-12-18(25-2)22(11-24-8-9-26(3,4)5)17(21-12)16(23)13-6-7-15(20)14(19)10-13/h6-7,10H,8-9,11H2,1-5H3. The number of ketones is 1. The first kappa shape index (κ1) is 21.2. The van der Waals surface area contributed by atoms with Crippen LogP contribution in [-0.4, -0.2) is 36.3 Å². The van der Waals surface area contributed by atoms with Crippen LogP contribution >= 0.6 is 23.4 Å². The molecule has 1 aromatic carbocycles. The number of halogens is 2. The van der Waals surface area contributed by atoms with E-state index in [4.69, 9.17) is 16.3 Å². The molecule has 0 bridgehead atoms. The van der Waals surface area contributed by atoms with Crippen LogP contribution in [-0.2, 0) is 11.5 Å². The average Bonchev–Trinajstić information content (AvgIpc) is 2.88. The SMILES string of the molecule is CSc1c(C)nc(C(=O)c2ccc(F)c(Cl)c2)n1COCC[Si](C)(C)C. The minimum Gasteiger partial charge on any atom is -0.361 e. The van der Waals surface area contributed by atoms with Gasteiger partial charge in [0.15, 0.2) is 5.82 Å². The number of hydrogen-bond acceptors (Lipinski definition) is 4. The maximum Gasteiger partial charge on any atom is 0.228 e. The predicted octanol–water partition coefficient (Wildman–Crippen LogP) is 5.25. The lowest BCUT2D eigenvalue weighted by Gasteiger charge is -2.16. The van der Waals surface area contributed by atoms with Crippen LogP contribution in [0.15, 0.2) is 23.2 Å². The van der Waals surface area contributed by atoms with Crippen molar-refractivity contribution in [1.82, 2.24) is 9.55 Å². The normalized spacial score (nSPS) is 11.8. The molecule has 8 heteroatoms. The number of thioether (sulfide) groups is 1. The van der Waals surface area contributed by atoms with E-state index in [0.717, 1.165) is 16.8 Å². The van der Waals surface area contributed by atoms with Gasteiger partial charge in [-0.3, -0.25) is 9.36 Å². The minimum atomic E-state index is -1.18. The lowest BCUT2D eigenvalue weighted by Crippen LogP contribution is -2.22. The van der Waals surface area contributed by atoms with Crippen molar-refractivity contribution in [2.45, 2.75) is 44.4 Å². The molecular weight excluding hydrogens is 391 g/mol. The Morgan fingerprint density at radius 1 is 1.38 bits per heavy atom. The maximum absolute atomic E-state index is 13.4. The van der Waals surface area contributed by atoms with E-state index in [2.05, 4.69) is 24.6 Å². The van der Waals surface area contributed by atoms with Crippen molar-refractivity contribution < 1.29 is 13.9 Å². The quantitative estimate of drug-likeness (QED) is 0.256. The Morgan fingerprint density at radius 2 is 2.08 bits per heavy atom. The van der Waals surface area contributed by atoms with Crippen LogP contribution in [0.25, 0.3) is 0 Å². The number of aromatic nitrogens is 2. The average molecular weight is 415 g/mol. The third-order valence-corrected chi connectivity index (χ3v) is 6.78. The highest BCUT2D eigenvalue weighted by atomic mass is 35.5. The Bertz CT molecular complexity index is 805. The van der Waals surface area contributed by atoms with Gasteiger partial charge in [-0.2, -0.15) is 0 Å². The van der Waals surface area contributed by atoms with Crippen molar-refractivity contribution in [1.29, 1.82) is 0 Å². The molecule has 0 N–H and O–H groups in total. The van der Waals surface area contributed by atoms with Crippen molar-refractivity contribution >= 4 is 37.2 Å². The number of carbonyl (C=O) groups excluding carboxylic acids is 1. The van der Waals surface area contributed by atoms with Crippen molar-refractivity contribution in [3.63, 3.8) is 0 Å². The van der Waals surface area contributed by atoms with Crippen LogP contribution in [0.2, 0.25) is 30.7 Å². The molecule has 0 unspecified atom stereocenters. The van der Waals surface area contributed by atoms with Gasteiger partial charge >= 0.3 is 0 Å². The summed E-state index contributed by atoms with van der Waals surface area (Å²) >= 11 is 7.33. The molecule has 4 nitrogen and oxygen atoms in total. The summed E-state index contributed by atoms with van der Waals surface area (Å²) in [7, 11) is -1.18. The van der Waals surface area contributed by atoms with E-state index in [0.29, 0.717) is 12.2 Å². The highest BCUT2D eigenvalue weighted by Gasteiger charge is 2.22. The Hall–Kier alpha value is -1.15. The van der Waals surface area contributed by atoms with Crippen LogP contribution in [0.5, 0.6) is 0 Å². The van der Waals surface area contributed by atoms with Gasteiger partial charge in [0.25, 0.3) is 0 Å². The Kier molecular flexibility index (Phi) is 7.07. The first-order valence-corrected chi connectivity index (χ1v) is 13.6. The van der Waals surface area contributed by atoms with E-state index < -0.39 is 13.9 Å². The smallest absolute Gasteiger partial charge is 0.228 e. The van der Waals surface area contributed by atoms with E-state index in [1.807, 2.05) is 13.2 Å². The number of ether oxygens (including phenoxy) is 1. The lowest BCUT2D eigenvalue weighted by molar-refractivity contribution is 0.0766. The number of nitrogens with zero attached hydrogens (tertiary/aromatic N) is 2. The number of hydrogen-bond donors (Lipinski definition) is 0. The molecule has 0 spiro atoms. The van der Waals surface area contributed by atoms with Crippen LogP contribution in [0.4, 0.5) is 4.39 Å². The molecule has 1 heterocycles. The van der Waals surface area contributed by atoms with Crippen molar-refractivity contribution in [2.24, 2.45) is 0 Å². The summed E-state index contributed by atoms with van der Waals surface area (Å²) in [6, 6.07) is 4.99. The van der Waals surface area contributed by atoms with Gasteiger partial charge in [0.05, 0.1) is 15.7 Å². The summed E-state index contributed by atoms with van der Waals surface area (Å²) in [4.78, 5) is 17.3. The topological polar surface area (TPSA) is 44.1 Å². The maximum atomic E-state index is 13.4. The van der Waals surface area contributed by atoms with Gasteiger partial charge in [-0.05, 0) is 37.4 Å². The van der Waals surface area contributed by atoms with E-state index in [9.17, 15) is 9.18 Å². The van der Waals surface area contributed by atoms with Crippen LogP contribution < -0.4 is 0 Å². The first-order chi connectivity index (χ1) is 12.1. The Morgan fingerprint density at radius 3 is 2.65 bits per heavy atom. The van der Waals surface area contributed by atoms with E-state index in [1.54, 1.807) is 4.57 Å².